The van der Waals surface area contributed by atoms with Gasteiger partial charge in [-0.2, -0.15) is 0 Å². The third kappa shape index (κ3) is 3.89. The van der Waals surface area contributed by atoms with Gasteiger partial charge < -0.3 is 14.6 Å². The maximum atomic E-state index is 11.4. The number of phenolic OH excluding ortho intramolecular Hbond substituents is 2. The summed E-state index contributed by atoms with van der Waals surface area (Å²) in [4.78, 5) is 19.5. The Labute approximate surface area is 194 Å². The zero-order valence-corrected chi connectivity index (χ0v) is 19.1. The molecule has 0 aliphatic rings. The largest absolute Gasteiger partial charge is 0.507 e. The topological polar surface area (TPSA) is 122 Å². The van der Waals surface area contributed by atoms with Gasteiger partial charge in [-0.1, -0.05) is 17.7 Å². The molecule has 1 heterocycles. The average Bonchev–Trinajstić information content (AvgIpc) is 3.17. The number of halogens is 1. The molecule has 0 atom stereocenters. The Morgan fingerprint density at radius 2 is 1.85 bits per heavy atom. The predicted octanol–water partition coefficient (Wildman–Crippen LogP) is 6.45. The van der Waals surface area contributed by atoms with Crippen LogP contribution in [0.4, 0.5) is 11.4 Å². The summed E-state index contributed by atoms with van der Waals surface area (Å²) in [5.74, 6) is -0.309. The van der Waals surface area contributed by atoms with Crippen molar-refractivity contribution in [2.45, 2.75) is 27.7 Å². The van der Waals surface area contributed by atoms with Crippen LogP contribution in [0.3, 0.4) is 0 Å². The van der Waals surface area contributed by atoms with Gasteiger partial charge in [0.05, 0.1) is 21.2 Å². The lowest BCUT2D eigenvalue weighted by atomic mass is 10.0. The molecule has 0 radical (unpaired) electrons. The highest BCUT2D eigenvalue weighted by Gasteiger charge is 2.25. The van der Waals surface area contributed by atoms with Crippen molar-refractivity contribution in [3.8, 4) is 23.0 Å². The van der Waals surface area contributed by atoms with E-state index in [1.54, 1.807) is 19.1 Å². The quantitative estimate of drug-likeness (QED) is 0.203. The molecule has 1 aromatic heterocycles. The van der Waals surface area contributed by atoms with E-state index in [2.05, 4.69) is 9.98 Å². The second-order valence-corrected chi connectivity index (χ2v) is 8.22. The van der Waals surface area contributed by atoms with E-state index < -0.39 is 16.4 Å². The van der Waals surface area contributed by atoms with Crippen molar-refractivity contribution < 1.29 is 19.6 Å². The second-order valence-electron chi connectivity index (χ2n) is 7.84. The van der Waals surface area contributed by atoms with E-state index in [0.29, 0.717) is 27.9 Å². The maximum absolute atomic E-state index is 11.4. The van der Waals surface area contributed by atoms with Crippen LogP contribution in [0, 0.1) is 37.8 Å². The molecule has 0 aliphatic heterocycles. The number of aromatic nitrogens is 1. The van der Waals surface area contributed by atoms with Gasteiger partial charge in [-0.25, -0.2) is 4.98 Å². The first kappa shape index (κ1) is 22.3. The molecule has 0 amide bonds. The number of hydrogen-bond acceptors (Lipinski definition) is 7. The van der Waals surface area contributed by atoms with E-state index in [1.807, 2.05) is 26.0 Å². The van der Waals surface area contributed by atoms with Gasteiger partial charge in [-0.05, 0) is 68.7 Å². The summed E-state index contributed by atoms with van der Waals surface area (Å²) in [6.45, 7) is 7.01. The number of nitro groups is 1. The van der Waals surface area contributed by atoms with Crippen LogP contribution >= 0.6 is 11.6 Å². The number of rotatable bonds is 4. The molecule has 0 bridgehead atoms. The molecule has 33 heavy (non-hydrogen) atoms. The van der Waals surface area contributed by atoms with Crippen LogP contribution in [0.5, 0.6) is 11.5 Å². The molecule has 2 N–H and O–H groups in total. The number of aromatic hydroxyl groups is 2. The molecule has 3 aromatic carbocycles. The molecular formula is C24H20ClN3O5. The lowest BCUT2D eigenvalue weighted by Crippen LogP contribution is -2.00. The number of aryl methyl sites for hydroxylation is 2. The van der Waals surface area contributed by atoms with Crippen molar-refractivity contribution >= 4 is 40.3 Å². The maximum Gasteiger partial charge on any atom is 0.315 e. The third-order valence-corrected chi connectivity index (χ3v) is 6.02. The Bertz CT molecular complexity index is 1470. The van der Waals surface area contributed by atoms with Gasteiger partial charge in [-0.15, -0.1) is 0 Å². The van der Waals surface area contributed by atoms with E-state index in [1.165, 1.54) is 19.2 Å². The van der Waals surface area contributed by atoms with Gasteiger partial charge >= 0.3 is 5.69 Å². The van der Waals surface area contributed by atoms with E-state index in [4.69, 9.17) is 16.0 Å². The highest BCUT2D eigenvalue weighted by molar-refractivity contribution is 6.33. The van der Waals surface area contributed by atoms with Crippen molar-refractivity contribution in [2.24, 2.45) is 4.99 Å². The van der Waals surface area contributed by atoms with Gasteiger partial charge in [0.2, 0.25) is 11.6 Å². The van der Waals surface area contributed by atoms with Gasteiger partial charge in [0.1, 0.15) is 11.3 Å². The van der Waals surface area contributed by atoms with Crippen molar-refractivity contribution in [1.29, 1.82) is 0 Å². The van der Waals surface area contributed by atoms with Crippen molar-refractivity contribution in [3.05, 3.63) is 73.3 Å². The standard InChI is InChI=1S/C24H20ClN3O5/c1-11-7-12(2)23-18(8-11)27-24(33-23)16-9-15(5-6-19(16)29)26-10-17-13(3)20(25)14(4)21(22(17)30)28(31)32/h5-10,29-30H,1-4H3. The molecule has 0 fully saturated rings. The zero-order chi connectivity index (χ0) is 24.0. The van der Waals surface area contributed by atoms with Gasteiger partial charge in [0.15, 0.2) is 5.58 Å². The van der Waals surface area contributed by atoms with Gasteiger partial charge in [-0.3, -0.25) is 15.1 Å². The zero-order valence-electron chi connectivity index (χ0n) is 18.3. The third-order valence-electron chi connectivity index (χ3n) is 5.45. The second kappa shape index (κ2) is 8.22. The van der Waals surface area contributed by atoms with E-state index in [9.17, 15) is 20.3 Å². The summed E-state index contributed by atoms with van der Waals surface area (Å²) in [7, 11) is 0. The number of fused-ring (bicyclic) bond motifs is 1. The molecule has 9 heteroatoms. The summed E-state index contributed by atoms with van der Waals surface area (Å²) in [6, 6.07) is 8.47. The molecule has 0 unspecified atom stereocenters. The molecule has 8 nitrogen and oxygen atoms in total. The van der Waals surface area contributed by atoms with Crippen LogP contribution in [-0.2, 0) is 0 Å². The fourth-order valence-electron chi connectivity index (χ4n) is 3.77. The fourth-order valence-corrected chi connectivity index (χ4v) is 3.97. The minimum absolute atomic E-state index is 0.0390. The minimum Gasteiger partial charge on any atom is -0.507 e. The lowest BCUT2D eigenvalue weighted by Gasteiger charge is -2.10. The van der Waals surface area contributed by atoms with Crippen LogP contribution in [-0.4, -0.2) is 26.3 Å². The number of hydrogen-bond donors (Lipinski definition) is 2. The molecular weight excluding hydrogens is 446 g/mol. The first-order valence-corrected chi connectivity index (χ1v) is 10.4. The van der Waals surface area contributed by atoms with Gasteiger partial charge in [0.25, 0.3) is 0 Å². The van der Waals surface area contributed by atoms with Crippen molar-refractivity contribution in [2.75, 3.05) is 0 Å². The summed E-state index contributed by atoms with van der Waals surface area (Å²) < 4.78 is 5.89. The lowest BCUT2D eigenvalue weighted by molar-refractivity contribution is -0.386. The normalized spacial score (nSPS) is 11.5. The molecule has 4 rings (SSSR count). The Kier molecular flexibility index (Phi) is 5.55. The van der Waals surface area contributed by atoms with Crippen LogP contribution in [0.15, 0.2) is 39.7 Å². The number of nitrogens with zero attached hydrogens (tertiary/aromatic N) is 3. The Morgan fingerprint density at radius 1 is 1.12 bits per heavy atom. The number of benzene rings is 3. The Hall–Kier alpha value is -3.91. The molecule has 168 valence electrons. The summed E-state index contributed by atoms with van der Waals surface area (Å²) in [5.41, 5.74) is 4.36. The van der Waals surface area contributed by atoms with Crippen molar-refractivity contribution in [3.63, 3.8) is 0 Å². The van der Waals surface area contributed by atoms with Crippen LogP contribution in [0.2, 0.25) is 5.02 Å². The summed E-state index contributed by atoms with van der Waals surface area (Å²) in [5, 5.41) is 32.4. The SMILES string of the molecule is Cc1cc(C)c2oc(-c3cc(N=Cc4c(C)c(Cl)c(C)c([N+](=O)[O-])c4O)ccc3O)nc2c1. The summed E-state index contributed by atoms with van der Waals surface area (Å²) in [6.07, 6.45) is 1.30. The van der Waals surface area contributed by atoms with Gasteiger partial charge in [0, 0.05) is 17.3 Å². The van der Waals surface area contributed by atoms with E-state index in [-0.39, 0.29) is 27.8 Å². The van der Waals surface area contributed by atoms with Crippen LogP contribution < -0.4 is 0 Å². The van der Waals surface area contributed by atoms with E-state index >= 15 is 0 Å². The smallest absolute Gasteiger partial charge is 0.315 e. The van der Waals surface area contributed by atoms with Crippen LogP contribution in [0.25, 0.3) is 22.6 Å². The average molecular weight is 466 g/mol. The fraction of sp³-hybridized carbons (Fsp3) is 0.167. The Balaban J connectivity index is 1.79. The molecule has 0 saturated carbocycles. The number of oxazole rings is 1. The van der Waals surface area contributed by atoms with E-state index in [0.717, 1.165) is 11.1 Å². The number of phenols is 2. The molecule has 4 aromatic rings. The number of aliphatic imine (C=N–C) groups is 1. The predicted molar refractivity (Wildman–Crippen MR) is 127 cm³/mol. The first-order valence-electron chi connectivity index (χ1n) is 9.99. The molecule has 0 saturated heterocycles. The first-order chi connectivity index (χ1) is 15.6. The monoisotopic (exact) mass is 465 g/mol. The molecule has 0 aliphatic carbocycles. The summed E-state index contributed by atoms with van der Waals surface area (Å²) >= 11 is 6.24. The van der Waals surface area contributed by atoms with Crippen molar-refractivity contribution in [1.82, 2.24) is 4.98 Å². The highest BCUT2D eigenvalue weighted by Crippen LogP contribution is 2.40. The number of nitro benzene ring substituents is 1. The Morgan fingerprint density at radius 3 is 2.55 bits per heavy atom. The minimum atomic E-state index is -0.678. The molecule has 0 spiro atoms. The highest BCUT2D eigenvalue weighted by atomic mass is 35.5. The van der Waals surface area contributed by atoms with Crippen LogP contribution in [0.1, 0.15) is 27.8 Å².